The average Bonchev–Trinajstić information content (AvgIpc) is 2.47. The maximum atomic E-state index is 12.2. The summed E-state index contributed by atoms with van der Waals surface area (Å²) in [5, 5.41) is 9.13. The summed E-state index contributed by atoms with van der Waals surface area (Å²) in [7, 11) is 0. The smallest absolute Gasteiger partial charge is 0.228 e. The molecule has 112 valence electrons. The molecule has 2 rings (SSSR count). The summed E-state index contributed by atoms with van der Waals surface area (Å²) >= 11 is 0. The summed E-state index contributed by atoms with van der Waals surface area (Å²) in [6.07, 6.45) is 0. The lowest BCUT2D eigenvalue weighted by Crippen LogP contribution is -2.51. The molecule has 0 spiro atoms. The third-order valence-corrected chi connectivity index (χ3v) is 3.83. The first-order chi connectivity index (χ1) is 9.91. The predicted octanol–water partition coefficient (Wildman–Crippen LogP) is 2.25. The molecule has 1 aliphatic rings. The zero-order valence-corrected chi connectivity index (χ0v) is 13.1. The third kappa shape index (κ3) is 3.83. The van der Waals surface area contributed by atoms with Crippen molar-refractivity contribution < 1.29 is 4.79 Å². The number of piperazine rings is 1. The van der Waals surface area contributed by atoms with Gasteiger partial charge in [0.1, 0.15) is 0 Å². The number of hydrogen-bond donors (Lipinski definition) is 0. The highest BCUT2D eigenvalue weighted by atomic mass is 16.2. The van der Waals surface area contributed by atoms with Gasteiger partial charge < -0.3 is 4.90 Å². The first-order valence-electron chi connectivity index (χ1n) is 7.41. The van der Waals surface area contributed by atoms with Crippen LogP contribution < -0.4 is 0 Å². The van der Waals surface area contributed by atoms with Crippen LogP contribution in [-0.4, -0.2) is 41.9 Å². The van der Waals surface area contributed by atoms with Gasteiger partial charge in [-0.3, -0.25) is 9.69 Å². The van der Waals surface area contributed by atoms with E-state index in [9.17, 15) is 4.79 Å². The van der Waals surface area contributed by atoms with Gasteiger partial charge in [0.05, 0.1) is 11.6 Å². The van der Waals surface area contributed by atoms with Crippen molar-refractivity contribution in [2.75, 3.05) is 26.2 Å². The minimum absolute atomic E-state index is 0.222. The molecule has 0 aromatic heterocycles. The first kappa shape index (κ1) is 15.5. The second-order valence-electron chi connectivity index (χ2n) is 6.59. The van der Waals surface area contributed by atoms with Crippen molar-refractivity contribution in [2.45, 2.75) is 27.3 Å². The summed E-state index contributed by atoms with van der Waals surface area (Å²) in [5.41, 5.74) is 1.50. The van der Waals surface area contributed by atoms with Crippen LogP contribution in [0.1, 0.15) is 31.9 Å². The van der Waals surface area contributed by atoms with Gasteiger partial charge >= 0.3 is 0 Å². The molecule has 0 unspecified atom stereocenters. The molecule has 21 heavy (non-hydrogen) atoms. The van der Waals surface area contributed by atoms with E-state index in [-0.39, 0.29) is 11.3 Å². The Hall–Kier alpha value is -1.86. The maximum Gasteiger partial charge on any atom is 0.228 e. The molecule has 1 saturated heterocycles. The largest absolute Gasteiger partial charge is 0.340 e. The molecule has 1 amide bonds. The topological polar surface area (TPSA) is 47.3 Å². The molecular formula is C17H23N3O. The molecular weight excluding hydrogens is 262 g/mol. The van der Waals surface area contributed by atoms with E-state index >= 15 is 0 Å². The fourth-order valence-corrected chi connectivity index (χ4v) is 2.59. The Kier molecular flexibility index (Phi) is 4.64. The molecule has 0 bridgehead atoms. The minimum atomic E-state index is -0.310. The molecule has 0 saturated carbocycles. The van der Waals surface area contributed by atoms with Crippen LogP contribution in [0.3, 0.4) is 0 Å². The predicted molar refractivity (Wildman–Crippen MR) is 82.5 cm³/mol. The number of carbonyl (C=O) groups excluding carboxylic acids is 1. The molecule has 4 heteroatoms. The fraction of sp³-hybridized carbons (Fsp3) is 0.529. The van der Waals surface area contributed by atoms with Gasteiger partial charge in [-0.1, -0.05) is 39.0 Å². The van der Waals surface area contributed by atoms with E-state index in [1.54, 1.807) is 0 Å². The number of nitriles is 1. The average molecular weight is 285 g/mol. The van der Waals surface area contributed by atoms with Crippen LogP contribution in [0.25, 0.3) is 0 Å². The van der Waals surface area contributed by atoms with Gasteiger partial charge in [-0.05, 0) is 11.6 Å². The molecule has 1 aliphatic heterocycles. The molecule has 4 nitrogen and oxygen atoms in total. The Morgan fingerprint density at radius 3 is 2.38 bits per heavy atom. The third-order valence-electron chi connectivity index (χ3n) is 3.83. The van der Waals surface area contributed by atoms with Gasteiger partial charge in [0.2, 0.25) is 5.91 Å². The molecule has 1 aromatic carbocycles. The number of hydrogen-bond acceptors (Lipinski definition) is 3. The summed E-state index contributed by atoms with van der Waals surface area (Å²) in [6.45, 7) is 9.93. The molecule has 0 radical (unpaired) electrons. The van der Waals surface area contributed by atoms with E-state index < -0.39 is 0 Å². The van der Waals surface area contributed by atoms with Gasteiger partial charge in [-0.25, -0.2) is 0 Å². The van der Waals surface area contributed by atoms with Crippen LogP contribution >= 0.6 is 0 Å². The van der Waals surface area contributed by atoms with Crippen molar-refractivity contribution in [2.24, 2.45) is 5.41 Å². The van der Waals surface area contributed by atoms with Crippen molar-refractivity contribution in [1.29, 1.82) is 5.26 Å². The lowest BCUT2D eigenvalue weighted by Gasteiger charge is -2.37. The van der Waals surface area contributed by atoms with E-state index in [0.717, 1.165) is 43.9 Å². The van der Waals surface area contributed by atoms with Crippen molar-refractivity contribution in [3.8, 4) is 6.07 Å². The van der Waals surface area contributed by atoms with E-state index in [1.807, 2.05) is 49.9 Å². The minimum Gasteiger partial charge on any atom is -0.340 e. The Balaban J connectivity index is 1.93. The SMILES string of the molecule is CC(C)(C)C(=O)N1CCN(Cc2ccccc2C#N)CC1. The van der Waals surface area contributed by atoms with Gasteiger partial charge in [0, 0.05) is 38.1 Å². The lowest BCUT2D eigenvalue weighted by molar-refractivity contribution is -0.141. The van der Waals surface area contributed by atoms with Crippen molar-refractivity contribution in [3.63, 3.8) is 0 Å². The lowest BCUT2D eigenvalue weighted by atomic mass is 9.94. The monoisotopic (exact) mass is 285 g/mol. The van der Waals surface area contributed by atoms with Gasteiger partial charge in [0.15, 0.2) is 0 Å². The number of rotatable bonds is 2. The zero-order chi connectivity index (χ0) is 15.5. The number of nitrogens with zero attached hydrogens (tertiary/aromatic N) is 3. The van der Waals surface area contributed by atoms with Crippen LogP contribution in [0, 0.1) is 16.7 Å². The Bertz CT molecular complexity index is 546. The summed E-state index contributed by atoms with van der Waals surface area (Å²) in [6, 6.07) is 9.96. The number of amides is 1. The Morgan fingerprint density at radius 1 is 1.19 bits per heavy atom. The fourth-order valence-electron chi connectivity index (χ4n) is 2.59. The highest BCUT2D eigenvalue weighted by Gasteiger charge is 2.29. The standard InChI is InChI=1S/C17H23N3O/c1-17(2,3)16(21)20-10-8-19(9-11-20)13-15-7-5-4-6-14(15)12-18/h4-7H,8-11,13H2,1-3H3. The molecule has 1 heterocycles. The van der Waals surface area contributed by atoms with Crippen LogP contribution in [0.4, 0.5) is 0 Å². The van der Waals surface area contributed by atoms with Gasteiger partial charge in [0.25, 0.3) is 0 Å². The summed E-state index contributed by atoms with van der Waals surface area (Å²) in [5.74, 6) is 0.222. The molecule has 0 aliphatic carbocycles. The highest BCUT2D eigenvalue weighted by molar-refractivity contribution is 5.81. The Labute approximate surface area is 127 Å². The quantitative estimate of drug-likeness (QED) is 0.837. The summed E-state index contributed by atoms with van der Waals surface area (Å²) in [4.78, 5) is 16.5. The van der Waals surface area contributed by atoms with Crippen molar-refractivity contribution in [1.82, 2.24) is 9.80 Å². The van der Waals surface area contributed by atoms with E-state index in [0.29, 0.717) is 0 Å². The molecule has 1 aromatic rings. The van der Waals surface area contributed by atoms with Crippen LogP contribution in [0.5, 0.6) is 0 Å². The molecule has 0 atom stereocenters. The first-order valence-corrected chi connectivity index (χ1v) is 7.41. The normalized spacial score (nSPS) is 16.6. The van der Waals surface area contributed by atoms with Gasteiger partial charge in [-0.2, -0.15) is 5.26 Å². The van der Waals surface area contributed by atoms with Crippen LogP contribution in [0.15, 0.2) is 24.3 Å². The van der Waals surface area contributed by atoms with Crippen LogP contribution in [-0.2, 0) is 11.3 Å². The van der Waals surface area contributed by atoms with Gasteiger partial charge in [-0.15, -0.1) is 0 Å². The van der Waals surface area contributed by atoms with Crippen molar-refractivity contribution in [3.05, 3.63) is 35.4 Å². The molecule has 0 N–H and O–H groups in total. The van der Waals surface area contributed by atoms with Crippen LogP contribution in [0.2, 0.25) is 0 Å². The molecule has 1 fully saturated rings. The Morgan fingerprint density at radius 2 is 1.81 bits per heavy atom. The van der Waals surface area contributed by atoms with E-state index in [1.165, 1.54) is 0 Å². The van der Waals surface area contributed by atoms with E-state index in [2.05, 4.69) is 11.0 Å². The second-order valence-corrected chi connectivity index (χ2v) is 6.59. The number of benzene rings is 1. The van der Waals surface area contributed by atoms with E-state index in [4.69, 9.17) is 5.26 Å². The maximum absolute atomic E-state index is 12.2. The highest BCUT2D eigenvalue weighted by Crippen LogP contribution is 2.19. The zero-order valence-electron chi connectivity index (χ0n) is 13.1. The second kappa shape index (κ2) is 6.28. The number of carbonyl (C=O) groups is 1. The summed E-state index contributed by atoms with van der Waals surface area (Å²) < 4.78 is 0. The van der Waals surface area contributed by atoms with Crippen molar-refractivity contribution >= 4 is 5.91 Å².